The minimum absolute atomic E-state index is 0.00750. The molecule has 0 unspecified atom stereocenters. The zero-order valence-electron chi connectivity index (χ0n) is 16.8. The van der Waals surface area contributed by atoms with Gasteiger partial charge in [-0.05, 0) is 79.6 Å². The topological polar surface area (TPSA) is 93.7 Å². The van der Waals surface area contributed by atoms with Gasteiger partial charge in [-0.25, -0.2) is 4.79 Å². The number of esters is 1. The van der Waals surface area contributed by atoms with Crippen LogP contribution in [0.25, 0.3) is 0 Å². The molecule has 7 nitrogen and oxygen atoms in total. The lowest BCUT2D eigenvalue weighted by molar-refractivity contribution is -0.155. The number of hydrogen-bond acceptors (Lipinski definition) is 5. The van der Waals surface area contributed by atoms with E-state index in [-0.39, 0.29) is 18.4 Å². The lowest BCUT2D eigenvalue weighted by Crippen LogP contribution is -2.31. The van der Waals surface area contributed by atoms with Gasteiger partial charge in [0.25, 0.3) is 5.91 Å². The Balaban J connectivity index is 1.26. The highest BCUT2D eigenvalue weighted by atomic mass is 16.6. The number of rotatable bonds is 6. The third-order valence-corrected chi connectivity index (χ3v) is 5.37. The minimum atomic E-state index is -0.937. The maximum atomic E-state index is 12.3. The molecule has 1 aliphatic heterocycles. The molecule has 0 fully saturated rings. The maximum absolute atomic E-state index is 12.3. The Morgan fingerprint density at radius 3 is 2.73 bits per heavy atom. The van der Waals surface area contributed by atoms with Crippen molar-refractivity contribution in [1.29, 1.82) is 0 Å². The average molecular weight is 408 g/mol. The molecule has 2 N–H and O–H groups in total. The molecule has 1 aliphatic carbocycles. The molecule has 0 radical (unpaired) electrons. The van der Waals surface area contributed by atoms with Gasteiger partial charge in [0.15, 0.2) is 12.7 Å². The van der Waals surface area contributed by atoms with E-state index < -0.39 is 12.1 Å². The molecule has 4 rings (SSSR count). The fourth-order valence-corrected chi connectivity index (χ4v) is 3.77. The molecule has 156 valence electrons. The molecule has 2 aromatic carbocycles. The number of carbonyl (C=O) groups excluding carboxylic acids is 3. The number of fused-ring (bicyclic) bond motifs is 2. The normalized spacial score (nSPS) is 15.4. The number of amides is 2. The zero-order valence-corrected chi connectivity index (χ0v) is 16.8. The van der Waals surface area contributed by atoms with Crippen LogP contribution in [-0.4, -0.2) is 30.5 Å². The van der Waals surface area contributed by atoms with E-state index in [4.69, 9.17) is 9.47 Å². The Morgan fingerprint density at radius 1 is 1.03 bits per heavy atom. The second kappa shape index (κ2) is 8.57. The lowest BCUT2D eigenvalue weighted by atomic mass is 10.0. The van der Waals surface area contributed by atoms with Crippen molar-refractivity contribution in [2.75, 3.05) is 17.2 Å². The summed E-state index contributed by atoms with van der Waals surface area (Å²) >= 11 is 0. The van der Waals surface area contributed by atoms with E-state index in [0.29, 0.717) is 24.3 Å². The van der Waals surface area contributed by atoms with Crippen LogP contribution < -0.4 is 15.4 Å². The summed E-state index contributed by atoms with van der Waals surface area (Å²) in [6.45, 7) is 1.23. The molecule has 2 aliphatic rings. The summed E-state index contributed by atoms with van der Waals surface area (Å²) in [5.74, 6) is -0.507. The third-order valence-electron chi connectivity index (χ3n) is 5.37. The van der Waals surface area contributed by atoms with Crippen LogP contribution in [0.15, 0.2) is 36.4 Å². The van der Waals surface area contributed by atoms with Gasteiger partial charge in [-0.1, -0.05) is 6.07 Å². The Labute approximate surface area is 174 Å². The smallest absolute Gasteiger partial charge is 0.344 e. The van der Waals surface area contributed by atoms with E-state index in [2.05, 4.69) is 10.6 Å². The second-order valence-electron chi connectivity index (χ2n) is 7.61. The SMILES string of the molecule is C[C@@H](OC(=O)COc1ccc2c(c1)CCC(=O)N2)C(=O)Nc1ccc2c(c1)CCC2. The van der Waals surface area contributed by atoms with Gasteiger partial charge >= 0.3 is 5.97 Å². The van der Waals surface area contributed by atoms with Gasteiger partial charge < -0.3 is 20.1 Å². The molecule has 1 heterocycles. The Kier molecular flexibility index (Phi) is 5.70. The van der Waals surface area contributed by atoms with E-state index in [1.165, 1.54) is 18.1 Å². The molecule has 0 spiro atoms. The first kappa shape index (κ1) is 19.9. The molecular formula is C23H24N2O5. The number of nitrogens with one attached hydrogen (secondary N) is 2. The standard InChI is InChI=1S/C23H24N2O5/c1-14(23(28)24-18-7-5-15-3-2-4-16(15)11-18)30-22(27)13-29-19-8-9-20-17(12-19)6-10-21(26)25-20/h5,7-9,11-12,14H,2-4,6,10,13H2,1H3,(H,24,28)(H,25,26)/t14-/m1/s1. The summed E-state index contributed by atoms with van der Waals surface area (Å²) in [6, 6.07) is 11.1. The van der Waals surface area contributed by atoms with E-state index >= 15 is 0 Å². The molecule has 30 heavy (non-hydrogen) atoms. The van der Waals surface area contributed by atoms with Crippen molar-refractivity contribution in [2.24, 2.45) is 0 Å². The summed E-state index contributed by atoms with van der Waals surface area (Å²) in [6.07, 6.45) is 3.36. The molecule has 2 amide bonds. The quantitative estimate of drug-likeness (QED) is 0.717. The fraction of sp³-hybridized carbons (Fsp3) is 0.348. The van der Waals surface area contributed by atoms with Crippen LogP contribution in [0.1, 0.15) is 36.5 Å². The minimum Gasteiger partial charge on any atom is -0.482 e. The number of hydrogen-bond donors (Lipinski definition) is 2. The van der Waals surface area contributed by atoms with E-state index in [9.17, 15) is 14.4 Å². The first-order valence-corrected chi connectivity index (χ1v) is 10.2. The van der Waals surface area contributed by atoms with Gasteiger partial charge in [0.1, 0.15) is 5.75 Å². The van der Waals surface area contributed by atoms with Crippen LogP contribution in [0.5, 0.6) is 5.75 Å². The maximum Gasteiger partial charge on any atom is 0.344 e. The number of aryl methyl sites for hydroxylation is 3. The molecule has 2 aromatic rings. The first-order valence-electron chi connectivity index (χ1n) is 10.2. The van der Waals surface area contributed by atoms with Gasteiger partial charge in [0.2, 0.25) is 5.91 Å². The van der Waals surface area contributed by atoms with Crippen LogP contribution in [-0.2, 0) is 38.4 Å². The molecule has 7 heteroatoms. The molecule has 0 saturated heterocycles. The highest BCUT2D eigenvalue weighted by molar-refractivity contribution is 5.95. The van der Waals surface area contributed by atoms with Crippen molar-refractivity contribution in [2.45, 2.75) is 45.1 Å². The summed E-state index contributed by atoms with van der Waals surface area (Å²) in [4.78, 5) is 35.8. The van der Waals surface area contributed by atoms with Gasteiger partial charge in [0.05, 0.1) is 0 Å². The van der Waals surface area contributed by atoms with Crippen molar-refractivity contribution in [3.8, 4) is 5.75 Å². The van der Waals surface area contributed by atoms with Gasteiger partial charge in [-0.3, -0.25) is 9.59 Å². The predicted molar refractivity (Wildman–Crippen MR) is 112 cm³/mol. The largest absolute Gasteiger partial charge is 0.482 e. The number of carbonyl (C=O) groups is 3. The summed E-state index contributed by atoms with van der Waals surface area (Å²) < 4.78 is 10.7. The Bertz CT molecular complexity index is 1000. The van der Waals surface area contributed by atoms with Crippen LogP contribution in [0.3, 0.4) is 0 Å². The monoisotopic (exact) mass is 408 g/mol. The van der Waals surface area contributed by atoms with Crippen molar-refractivity contribution in [1.82, 2.24) is 0 Å². The average Bonchev–Trinajstić information content (AvgIpc) is 3.20. The van der Waals surface area contributed by atoms with Gasteiger partial charge in [-0.2, -0.15) is 0 Å². The first-order chi connectivity index (χ1) is 14.5. The zero-order chi connectivity index (χ0) is 21.1. The van der Waals surface area contributed by atoms with Crippen LogP contribution in [0.2, 0.25) is 0 Å². The molecule has 0 saturated carbocycles. The van der Waals surface area contributed by atoms with Crippen molar-refractivity contribution in [3.63, 3.8) is 0 Å². The molecular weight excluding hydrogens is 384 g/mol. The van der Waals surface area contributed by atoms with Crippen LogP contribution >= 0.6 is 0 Å². The second-order valence-corrected chi connectivity index (χ2v) is 7.61. The van der Waals surface area contributed by atoms with Crippen molar-refractivity contribution < 1.29 is 23.9 Å². The molecule has 1 atom stereocenters. The number of anilines is 2. The summed E-state index contributed by atoms with van der Waals surface area (Å²) in [5.41, 5.74) is 5.02. The van der Waals surface area contributed by atoms with E-state index in [1.54, 1.807) is 18.2 Å². The summed E-state index contributed by atoms with van der Waals surface area (Å²) in [5, 5.41) is 5.59. The Hall–Kier alpha value is -3.35. The van der Waals surface area contributed by atoms with Crippen molar-refractivity contribution >= 4 is 29.2 Å². The third kappa shape index (κ3) is 4.62. The van der Waals surface area contributed by atoms with Gasteiger partial charge in [0, 0.05) is 17.8 Å². The summed E-state index contributed by atoms with van der Waals surface area (Å²) in [7, 11) is 0. The van der Waals surface area contributed by atoms with Crippen molar-refractivity contribution in [3.05, 3.63) is 53.1 Å². The Morgan fingerprint density at radius 2 is 1.87 bits per heavy atom. The van der Waals surface area contributed by atoms with E-state index in [1.807, 2.05) is 18.2 Å². The highest BCUT2D eigenvalue weighted by Crippen LogP contribution is 2.27. The molecule has 0 bridgehead atoms. The highest BCUT2D eigenvalue weighted by Gasteiger charge is 2.20. The van der Waals surface area contributed by atoms with Gasteiger partial charge in [-0.15, -0.1) is 0 Å². The number of ether oxygens (including phenoxy) is 2. The lowest BCUT2D eigenvalue weighted by Gasteiger charge is -2.18. The van der Waals surface area contributed by atoms with Crippen LogP contribution in [0.4, 0.5) is 11.4 Å². The molecule has 0 aromatic heterocycles. The fourth-order valence-electron chi connectivity index (χ4n) is 3.77. The van der Waals surface area contributed by atoms with E-state index in [0.717, 1.165) is 30.5 Å². The number of benzene rings is 2. The predicted octanol–water partition coefficient (Wildman–Crippen LogP) is 3.01. The van der Waals surface area contributed by atoms with Crippen LogP contribution in [0, 0.1) is 0 Å².